The molecule has 1 aromatic heterocycles. The number of aromatic nitrogens is 1. The predicted octanol–water partition coefficient (Wildman–Crippen LogP) is 0.727. The molecule has 1 saturated heterocycles. The zero-order valence-electron chi connectivity index (χ0n) is 7.77. The van der Waals surface area contributed by atoms with Gasteiger partial charge in [0.15, 0.2) is 5.13 Å². The van der Waals surface area contributed by atoms with Crippen molar-refractivity contribution in [2.24, 2.45) is 0 Å². The van der Waals surface area contributed by atoms with Crippen LogP contribution in [0.1, 0.15) is 5.69 Å². The summed E-state index contributed by atoms with van der Waals surface area (Å²) in [6.07, 6.45) is 4.12. The standard InChI is InChI=1S/C9H13N3OS/c10-9-12-7(6-14-9)1-2-8-5-11-3-4-13-8/h1-2,6,8,11H,3-5H2,(H2,10,12)/b2-1+. The summed E-state index contributed by atoms with van der Waals surface area (Å²) < 4.78 is 5.50. The topological polar surface area (TPSA) is 60.2 Å². The van der Waals surface area contributed by atoms with Crippen molar-refractivity contribution in [2.75, 3.05) is 25.4 Å². The molecule has 3 N–H and O–H groups in total. The van der Waals surface area contributed by atoms with Crippen LogP contribution in [-0.4, -0.2) is 30.8 Å². The van der Waals surface area contributed by atoms with Crippen molar-refractivity contribution in [3.8, 4) is 0 Å². The minimum Gasteiger partial charge on any atom is -0.375 e. The van der Waals surface area contributed by atoms with Crippen molar-refractivity contribution in [3.63, 3.8) is 0 Å². The molecule has 2 heterocycles. The summed E-state index contributed by atoms with van der Waals surface area (Å²) >= 11 is 1.45. The molecule has 0 amide bonds. The summed E-state index contributed by atoms with van der Waals surface area (Å²) in [6, 6.07) is 0. The van der Waals surface area contributed by atoms with Crippen LogP contribution in [0.25, 0.3) is 6.08 Å². The number of nitrogen functional groups attached to an aromatic ring is 1. The molecule has 4 nitrogen and oxygen atoms in total. The van der Waals surface area contributed by atoms with Crippen LogP contribution >= 0.6 is 11.3 Å². The van der Waals surface area contributed by atoms with Crippen molar-refractivity contribution in [1.82, 2.24) is 10.3 Å². The largest absolute Gasteiger partial charge is 0.375 e. The number of anilines is 1. The Morgan fingerprint density at radius 2 is 2.64 bits per heavy atom. The van der Waals surface area contributed by atoms with Crippen molar-refractivity contribution in [2.45, 2.75) is 6.10 Å². The molecule has 0 radical (unpaired) electrons. The first kappa shape index (κ1) is 9.64. The lowest BCUT2D eigenvalue weighted by Crippen LogP contribution is -2.37. The molecule has 0 saturated carbocycles. The van der Waals surface area contributed by atoms with Crippen LogP contribution < -0.4 is 11.1 Å². The van der Waals surface area contributed by atoms with Crippen LogP contribution in [0.5, 0.6) is 0 Å². The number of morpholine rings is 1. The van der Waals surface area contributed by atoms with Gasteiger partial charge in [-0.05, 0) is 6.08 Å². The second kappa shape index (κ2) is 4.54. The summed E-state index contributed by atoms with van der Waals surface area (Å²) in [5.41, 5.74) is 6.42. The second-order valence-corrected chi connectivity index (χ2v) is 3.97. The summed E-state index contributed by atoms with van der Waals surface area (Å²) in [6.45, 7) is 2.58. The van der Waals surface area contributed by atoms with E-state index in [-0.39, 0.29) is 6.10 Å². The first-order valence-corrected chi connectivity index (χ1v) is 5.44. The SMILES string of the molecule is Nc1nc(/C=C/C2CNCCO2)cs1. The summed E-state index contributed by atoms with van der Waals surface area (Å²) in [4.78, 5) is 4.13. The number of nitrogens with one attached hydrogen (secondary N) is 1. The zero-order chi connectivity index (χ0) is 9.80. The third kappa shape index (κ3) is 2.54. The fourth-order valence-electron chi connectivity index (χ4n) is 1.29. The van der Waals surface area contributed by atoms with E-state index in [9.17, 15) is 0 Å². The lowest BCUT2D eigenvalue weighted by Gasteiger charge is -2.20. The highest BCUT2D eigenvalue weighted by molar-refractivity contribution is 7.13. The Kier molecular flexibility index (Phi) is 3.13. The maximum atomic E-state index is 5.52. The van der Waals surface area contributed by atoms with Gasteiger partial charge in [-0.15, -0.1) is 11.3 Å². The van der Waals surface area contributed by atoms with E-state index in [0.29, 0.717) is 5.13 Å². The Morgan fingerprint density at radius 1 is 1.71 bits per heavy atom. The molecule has 1 aliphatic heterocycles. The van der Waals surface area contributed by atoms with E-state index in [4.69, 9.17) is 10.5 Å². The smallest absolute Gasteiger partial charge is 0.180 e. The minimum atomic E-state index is 0.159. The summed E-state index contributed by atoms with van der Waals surface area (Å²) in [5.74, 6) is 0. The van der Waals surface area contributed by atoms with E-state index < -0.39 is 0 Å². The Balaban J connectivity index is 1.92. The van der Waals surface area contributed by atoms with Gasteiger partial charge in [0.05, 0.1) is 18.4 Å². The summed E-state index contributed by atoms with van der Waals surface area (Å²) in [5, 5.41) is 5.79. The van der Waals surface area contributed by atoms with Crippen molar-refractivity contribution < 1.29 is 4.74 Å². The maximum Gasteiger partial charge on any atom is 0.180 e. The third-order valence-corrected chi connectivity index (χ3v) is 2.67. The first-order chi connectivity index (χ1) is 6.84. The number of nitrogens with two attached hydrogens (primary N) is 1. The molecule has 14 heavy (non-hydrogen) atoms. The van der Waals surface area contributed by atoms with Crippen LogP contribution in [0.4, 0.5) is 5.13 Å². The molecule has 2 rings (SSSR count). The molecule has 0 spiro atoms. The molecule has 1 aromatic rings. The quantitative estimate of drug-likeness (QED) is 0.757. The number of rotatable bonds is 2. The number of hydrogen-bond acceptors (Lipinski definition) is 5. The number of ether oxygens (including phenoxy) is 1. The molecule has 5 heteroatoms. The van der Waals surface area contributed by atoms with Crippen LogP contribution in [-0.2, 0) is 4.74 Å². The van der Waals surface area contributed by atoms with Gasteiger partial charge < -0.3 is 15.8 Å². The van der Waals surface area contributed by atoms with Gasteiger partial charge in [-0.3, -0.25) is 0 Å². The molecule has 0 aliphatic carbocycles. The minimum absolute atomic E-state index is 0.159. The van der Waals surface area contributed by atoms with Gasteiger partial charge in [0.1, 0.15) is 0 Å². The Bertz CT molecular complexity index is 318. The number of hydrogen-bond donors (Lipinski definition) is 2. The van der Waals surface area contributed by atoms with Gasteiger partial charge in [-0.25, -0.2) is 4.98 Å². The highest BCUT2D eigenvalue weighted by atomic mass is 32.1. The number of thiazole rings is 1. The van der Waals surface area contributed by atoms with E-state index >= 15 is 0 Å². The highest BCUT2D eigenvalue weighted by Crippen LogP contribution is 2.12. The molecular weight excluding hydrogens is 198 g/mol. The maximum absolute atomic E-state index is 5.52. The van der Waals surface area contributed by atoms with Crippen LogP contribution in [0.2, 0.25) is 0 Å². The molecule has 1 fully saturated rings. The van der Waals surface area contributed by atoms with Gasteiger partial charge in [-0.2, -0.15) is 0 Å². The molecule has 1 unspecified atom stereocenters. The lowest BCUT2D eigenvalue weighted by atomic mass is 10.2. The Labute approximate surface area is 86.8 Å². The molecule has 1 aliphatic rings. The van der Waals surface area contributed by atoms with E-state index in [1.165, 1.54) is 11.3 Å². The van der Waals surface area contributed by atoms with E-state index in [1.54, 1.807) is 0 Å². The number of nitrogens with zero attached hydrogens (tertiary/aromatic N) is 1. The molecule has 76 valence electrons. The predicted molar refractivity (Wildman–Crippen MR) is 58.2 cm³/mol. The van der Waals surface area contributed by atoms with Gasteiger partial charge in [0.25, 0.3) is 0 Å². The van der Waals surface area contributed by atoms with E-state index in [0.717, 1.165) is 25.4 Å². The van der Waals surface area contributed by atoms with E-state index in [1.807, 2.05) is 17.5 Å². The van der Waals surface area contributed by atoms with Crippen LogP contribution in [0.15, 0.2) is 11.5 Å². The summed E-state index contributed by atoms with van der Waals surface area (Å²) in [7, 11) is 0. The molecular formula is C9H13N3OS. The van der Waals surface area contributed by atoms with Gasteiger partial charge in [0, 0.05) is 18.5 Å². The van der Waals surface area contributed by atoms with Gasteiger partial charge >= 0.3 is 0 Å². The van der Waals surface area contributed by atoms with Crippen molar-refractivity contribution in [1.29, 1.82) is 0 Å². The van der Waals surface area contributed by atoms with Crippen LogP contribution in [0, 0.1) is 0 Å². The average molecular weight is 211 g/mol. The monoisotopic (exact) mass is 211 g/mol. The Morgan fingerprint density at radius 3 is 3.29 bits per heavy atom. The molecule has 0 bridgehead atoms. The van der Waals surface area contributed by atoms with Gasteiger partial charge in [-0.1, -0.05) is 6.08 Å². The molecule has 0 aromatic carbocycles. The van der Waals surface area contributed by atoms with Crippen LogP contribution in [0.3, 0.4) is 0 Å². The van der Waals surface area contributed by atoms with E-state index in [2.05, 4.69) is 10.3 Å². The third-order valence-electron chi connectivity index (χ3n) is 1.98. The molecule has 1 atom stereocenters. The normalized spacial score (nSPS) is 23.0. The highest BCUT2D eigenvalue weighted by Gasteiger charge is 2.09. The fourth-order valence-corrected chi connectivity index (χ4v) is 1.82. The first-order valence-electron chi connectivity index (χ1n) is 4.56. The zero-order valence-corrected chi connectivity index (χ0v) is 8.59. The van der Waals surface area contributed by atoms with Crippen molar-refractivity contribution >= 4 is 22.5 Å². The fraction of sp³-hybridized carbons (Fsp3) is 0.444. The van der Waals surface area contributed by atoms with Gasteiger partial charge in [0.2, 0.25) is 0 Å². The lowest BCUT2D eigenvalue weighted by molar-refractivity contribution is 0.0596. The van der Waals surface area contributed by atoms with Crippen molar-refractivity contribution in [3.05, 3.63) is 17.2 Å². The average Bonchev–Trinajstić information content (AvgIpc) is 2.63. The second-order valence-electron chi connectivity index (χ2n) is 3.08. The Hall–Kier alpha value is -0.910.